The molecule has 3 aromatic rings. The molecule has 4 heteroatoms. The average molecular weight is 223 g/mol. The van der Waals surface area contributed by atoms with Gasteiger partial charge in [0.25, 0.3) is 0 Å². The van der Waals surface area contributed by atoms with Crippen LogP contribution >= 0.6 is 22.9 Å². The first-order chi connectivity index (χ1) is 6.77. The third-order valence-corrected chi connectivity index (χ3v) is 3.92. The Morgan fingerprint density at radius 3 is 3.00 bits per heavy atom. The van der Waals surface area contributed by atoms with E-state index in [2.05, 4.69) is 4.98 Å². The Kier molecular flexibility index (Phi) is 1.54. The van der Waals surface area contributed by atoms with E-state index in [1.54, 1.807) is 0 Å². The van der Waals surface area contributed by atoms with Gasteiger partial charge in [-0.05, 0) is 6.07 Å². The summed E-state index contributed by atoms with van der Waals surface area (Å²) in [7, 11) is 0. The maximum atomic E-state index is 6.08. The van der Waals surface area contributed by atoms with E-state index in [1.807, 2.05) is 24.4 Å². The molecule has 2 nitrogen and oxygen atoms in total. The zero-order valence-corrected chi connectivity index (χ0v) is 8.75. The number of aromatic nitrogens is 1. The van der Waals surface area contributed by atoms with Crippen LogP contribution < -0.4 is 5.73 Å². The number of nitrogens with two attached hydrogens (primary N) is 1. The smallest absolute Gasteiger partial charge is 0.106 e. The molecule has 0 radical (unpaired) electrons. The van der Waals surface area contributed by atoms with Crippen molar-refractivity contribution in [2.24, 2.45) is 0 Å². The summed E-state index contributed by atoms with van der Waals surface area (Å²) in [6, 6.07) is 6.10. The monoisotopic (exact) mass is 222 g/mol. The van der Waals surface area contributed by atoms with Gasteiger partial charge in [0.05, 0.1) is 15.2 Å². The van der Waals surface area contributed by atoms with E-state index < -0.39 is 0 Å². The Labute approximate surface area is 89.3 Å². The molecule has 0 bridgehead atoms. The molecule has 2 heterocycles. The van der Waals surface area contributed by atoms with Gasteiger partial charge in [-0.2, -0.15) is 0 Å². The maximum Gasteiger partial charge on any atom is 0.106 e. The lowest BCUT2D eigenvalue weighted by Crippen LogP contribution is -1.76. The molecule has 0 aliphatic rings. The van der Waals surface area contributed by atoms with Crippen LogP contribution in [0.25, 0.3) is 21.0 Å². The van der Waals surface area contributed by atoms with Crippen molar-refractivity contribution in [2.75, 3.05) is 5.73 Å². The number of benzene rings is 1. The van der Waals surface area contributed by atoms with E-state index in [0.29, 0.717) is 10.0 Å². The third kappa shape index (κ3) is 0.910. The number of hydrogen-bond acceptors (Lipinski definition) is 2. The number of rotatable bonds is 0. The van der Waals surface area contributed by atoms with Crippen LogP contribution in [0.4, 0.5) is 5.00 Å². The van der Waals surface area contributed by atoms with E-state index >= 15 is 0 Å². The van der Waals surface area contributed by atoms with Crippen LogP contribution in [0.3, 0.4) is 0 Å². The molecule has 0 aliphatic heterocycles. The molecule has 14 heavy (non-hydrogen) atoms. The van der Waals surface area contributed by atoms with Gasteiger partial charge in [-0.15, -0.1) is 11.3 Å². The highest BCUT2D eigenvalue weighted by atomic mass is 35.5. The predicted molar refractivity (Wildman–Crippen MR) is 63.1 cm³/mol. The first-order valence-corrected chi connectivity index (χ1v) is 5.40. The normalized spacial score (nSPS) is 11.5. The molecule has 0 amide bonds. The molecular formula is C10H7ClN2S. The van der Waals surface area contributed by atoms with Crippen molar-refractivity contribution in [2.45, 2.75) is 0 Å². The molecule has 3 N–H and O–H groups in total. The molecule has 3 rings (SSSR count). The number of anilines is 1. The van der Waals surface area contributed by atoms with Crippen molar-refractivity contribution in [1.29, 1.82) is 0 Å². The van der Waals surface area contributed by atoms with E-state index in [4.69, 9.17) is 17.3 Å². The molecule has 0 fully saturated rings. The molecule has 0 spiro atoms. The van der Waals surface area contributed by atoms with Gasteiger partial charge in [0.1, 0.15) is 5.00 Å². The lowest BCUT2D eigenvalue weighted by molar-refractivity contribution is 1.49. The largest absolute Gasteiger partial charge is 0.389 e. The minimum Gasteiger partial charge on any atom is -0.389 e. The number of nitrogens with one attached hydrogen (secondary N) is 1. The number of H-pyrrole nitrogens is 1. The van der Waals surface area contributed by atoms with Gasteiger partial charge in [-0.1, -0.05) is 23.7 Å². The summed E-state index contributed by atoms with van der Waals surface area (Å²) in [5, 5.41) is 3.57. The molecular weight excluding hydrogens is 216 g/mol. The summed E-state index contributed by atoms with van der Waals surface area (Å²) in [5.41, 5.74) is 6.90. The van der Waals surface area contributed by atoms with Crippen molar-refractivity contribution in [3.05, 3.63) is 29.4 Å². The SMILES string of the molecule is Nc1sc2c(ccc3cc[nH]c32)c1Cl. The van der Waals surface area contributed by atoms with Gasteiger partial charge in [0.2, 0.25) is 0 Å². The van der Waals surface area contributed by atoms with Crippen LogP contribution in [-0.2, 0) is 0 Å². The van der Waals surface area contributed by atoms with Gasteiger partial charge in [0.15, 0.2) is 0 Å². The summed E-state index contributed by atoms with van der Waals surface area (Å²) in [4.78, 5) is 3.20. The first-order valence-electron chi connectivity index (χ1n) is 4.21. The molecule has 0 aliphatic carbocycles. The lowest BCUT2D eigenvalue weighted by Gasteiger charge is -1.92. The van der Waals surface area contributed by atoms with Crippen molar-refractivity contribution in [1.82, 2.24) is 4.98 Å². The standard InChI is InChI=1S/C10H7ClN2S/c11-7-6-2-1-5-3-4-13-8(5)9(6)14-10(7)12/h1-4,13H,12H2. The van der Waals surface area contributed by atoms with Crippen LogP contribution in [0.2, 0.25) is 5.02 Å². The minimum absolute atomic E-state index is 0.668. The fourth-order valence-corrected chi connectivity index (χ4v) is 2.97. The second kappa shape index (κ2) is 2.65. The topological polar surface area (TPSA) is 41.8 Å². The fourth-order valence-electron chi connectivity index (χ4n) is 1.67. The molecule has 0 atom stereocenters. The van der Waals surface area contributed by atoms with Crippen LogP contribution in [0.1, 0.15) is 0 Å². The minimum atomic E-state index is 0.668. The zero-order chi connectivity index (χ0) is 9.71. The Bertz CT molecular complexity index is 623. The van der Waals surface area contributed by atoms with Crippen molar-refractivity contribution in [3.63, 3.8) is 0 Å². The number of hydrogen-bond donors (Lipinski definition) is 2. The summed E-state index contributed by atoms with van der Waals surface area (Å²) in [6.45, 7) is 0. The van der Waals surface area contributed by atoms with E-state index in [0.717, 1.165) is 15.6 Å². The van der Waals surface area contributed by atoms with Crippen molar-refractivity contribution in [3.8, 4) is 0 Å². The summed E-state index contributed by atoms with van der Waals surface area (Å²) in [6.07, 6.45) is 1.92. The number of halogens is 1. The second-order valence-corrected chi connectivity index (χ2v) is 4.59. The second-order valence-electron chi connectivity index (χ2n) is 3.16. The average Bonchev–Trinajstić information content (AvgIpc) is 2.73. The third-order valence-electron chi connectivity index (χ3n) is 2.35. The Hall–Kier alpha value is -1.19. The number of nitrogen functional groups attached to an aromatic ring is 1. The molecule has 0 saturated heterocycles. The Balaban J connectivity index is 2.63. The van der Waals surface area contributed by atoms with Gasteiger partial charge in [0, 0.05) is 17.0 Å². The van der Waals surface area contributed by atoms with Crippen LogP contribution in [-0.4, -0.2) is 4.98 Å². The van der Waals surface area contributed by atoms with Crippen molar-refractivity contribution >= 4 is 48.9 Å². The van der Waals surface area contributed by atoms with Gasteiger partial charge in [-0.3, -0.25) is 0 Å². The van der Waals surface area contributed by atoms with Crippen LogP contribution in [0.5, 0.6) is 0 Å². The highest BCUT2D eigenvalue weighted by Crippen LogP contribution is 2.40. The molecule has 70 valence electrons. The van der Waals surface area contributed by atoms with E-state index in [1.165, 1.54) is 16.7 Å². The Morgan fingerprint density at radius 1 is 1.29 bits per heavy atom. The summed E-state index contributed by atoms with van der Waals surface area (Å²) < 4.78 is 1.13. The summed E-state index contributed by atoms with van der Waals surface area (Å²) in [5.74, 6) is 0. The van der Waals surface area contributed by atoms with Gasteiger partial charge < -0.3 is 10.7 Å². The van der Waals surface area contributed by atoms with E-state index in [9.17, 15) is 0 Å². The fraction of sp³-hybridized carbons (Fsp3) is 0. The number of fused-ring (bicyclic) bond motifs is 3. The molecule has 0 unspecified atom stereocenters. The first kappa shape index (κ1) is 8.15. The van der Waals surface area contributed by atoms with Crippen LogP contribution in [0, 0.1) is 0 Å². The Morgan fingerprint density at radius 2 is 2.14 bits per heavy atom. The quantitative estimate of drug-likeness (QED) is 0.599. The van der Waals surface area contributed by atoms with Crippen LogP contribution in [0.15, 0.2) is 24.4 Å². The zero-order valence-electron chi connectivity index (χ0n) is 7.17. The summed E-state index contributed by atoms with van der Waals surface area (Å²) >= 11 is 7.61. The predicted octanol–water partition coefficient (Wildman–Crippen LogP) is 3.62. The molecule has 1 aromatic carbocycles. The van der Waals surface area contributed by atoms with Gasteiger partial charge in [-0.25, -0.2) is 0 Å². The van der Waals surface area contributed by atoms with E-state index in [-0.39, 0.29) is 0 Å². The highest BCUT2D eigenvalue weighted by molar-refractivity contribution is 7.24. The molecule has 2 aromatic heterocycles. The van der Waals surface area contributed by atoms with Crippen molar-refractivity contribution < 1.29 is 0 Å². The number of aromatic amines is 1. The van der Waals surface area contributed by atoms with Gasteiger partial charge >= 0.3 is 0 Å². The maximum absolute atomic E-state index is 6.08. The number of thiophene rings is 1. The lowest BCUT2D eigenvalue weighted by atomic mass is 10.2. The molecule has 0 saturated carbocycles. The highest BCUT2D eigenvalue weighted by Gasteiger charge is 2.10.